The number of halogens is 1. The maximum atomic E-state index is 12.6. The average molecular weight is 236 g/mol. The van der Waals surface area contributed by atoms with Gasteiger partial charge >= 0.3 is 0 Å². The quantitative estimate of drug-likeness (QED) is 0.802. The molecule has 0 bridgehead atoms. The lowest BCUT2D eigenvalue weighted by Gasteiger charge is -2.27. The fourth-order valence-electron chi connectivity index (χ4n) is 2.34. The van der Waals surface area contributed by atoms with Crippen LogP contribution in [-0.2, 0) is 0 Å². The van der Waals surface area contributed by atoms with Crippen molar-refractivity contribution in [1.29, 1.82) is 0 Å². The van der Waals surface area contributed by atoms with E-state index in [9.17, 15) is 9.18 Å². The van der Waals surface area contributed by atoms with Crippen molar-refractivity contribution >= 4 is 5.91 Å². The van der Waals surface area contributed by atoms with E-state index >= 15 is 0 Å². The largest absolute Gasteiger partial charge is 0.349 e. The van der Waals surface area contributed by atoms with Gasteiger partial charge in [-0.25, -0.2) is 4.98 Å². The first-order chi connectivity index (χ1) is 8.15. The van der Waals surface area contributed by atoms with E-state index in [4.69, 9.17) is 0 Å². The minimum Gasteiger partial charge on any atom is -0.349 e. The maximum absolute atomic E-state index is 12.6. The molecule has 1 aliphatic carbocycles. The summed E-state index contributed by atoms with van der Waals surface area (Å²) in [6, 6.07) is 2.92. The number of nitrogens with zero attached hydrogens (tertiary/aromatic N) is 1. The number of carbonyl (C=O) groups is 1. The zero-order valence-electron chi connectivity index (χ0n) is 9.95. The van der Waals surface area contributed by atoms with E-state index < -0.39 is 5.95 Å². The van der Waals surface area contributed by atoms with Crippen molar-refractivity contribution in [3.8, 4) is 0 Å². The molecule has 2 rings (SSSR count). The molecule has 3 nitrogen and oxygen atoms in total. The number of aromatic nitrogens is 1. The summed E-state index contributed by atoms with van der Waals surface area (Å²) in [5.41, 5.74) is 0.421. The summed E-state index contributed by atoms with van der Waals surface area (Å²) in [6.45, 7) is 2.21. The van der Waals surface area contributed by atoms with E-state index in [1.54, 1.807) is 0 Å². The Morgan fingerprint density at radius 3 is 2.94 bits per heavy atom. The van der Waals surface area contributed by atoms with Crippen LogP contribution in [0.25, 0.3) is 0 Å². The second-order valence-corrected chi connectivity index (χ2v) is 4.81. The number of amides is 1. The summed E-state index contributed by atoms with van der Waals surface area (Å²) in [5.74, 6) is -0.0511. The van der Waals surface area contributed by atoms with Gasteiger partial charge in [0.05, 0.1) is 5.56 Å². The number of hydrogen-bond donors (Lipinski definition) is 1. The molecule has 17 heavy (non-hydrogen) atoms. The standard InChI is InChI=1S/C13H17FN2O/c1-9-3-2-4-11(7-9)16-13(17)10-5-6-12(14)15-8-10/h5-6,8-9,11H,2-4,7H2,1H3,(H,16,17). The van der Waals surface area contributed by atoms with E-state index in [2.05, 4.69) is 17.2 Å². The fourth-order valence-corrected chi connectivity index (χ4v) is 2.34. The summed E-state index contributed by atoms with van der Waals surface area (Å²) in [6.07, 6.45) is 5.74. The van der Waals surface area contributed by atoms with Gasteiger partial charge in [-0.05, 0) is 30.9 Å². The van der Waals surface area contributed by atoms with E-state index in [1.807, 2.05) is 0 Å². The summed E-state index contributed by atoms with van der Waals surface area (Å²) in [7, 11) is 0. The Bertz CT molecular complexity index is 391. The Balaban J connectivity index is 1.94. The highest BCUT2D eigenvalue weighted by atomic mass is 19.1. The van der Waals surface area contributed by atoms with Crippen LogP contribution < -0.4 is 5.32 Å². The van der Waals surface area contributed by atoms with Crippen molar-refractivity contribution in [3.63, 3.8) is 0 Å². The van der Waals surface area contributed by atoms with Crippen LogP contribution in [0.2, 0.25) is 0 Å². The Morgan fingerprint density at radius 1 is 1.47 bits per heavy atom. The van der Waals surface area contributed by atoms with Crippen LogP contribution in [0, 0.1) is 11.9 Å². The third-order valence-corrected chi connectivity index (χ3v) is 3.26. The van der Waals surface area contributed by atoms with E-state index in [0.717, 1.165) is 19.3 Å². The summed E-state index contributed by atoms with van der Waals surface area (Å²) < 4.78 is 12.6. The van der Waals surface area contributed by atoms with Crippen LogP contribution in [0.15, 0.2) is 18.3 Å². The van der Waals surface area contributed by atoms with E-state index in [-0.39, 0.29) is 11.9 Å². The molecule has 1 N–H and O–H groups in total. The summed E-state index contributed by atoms with van der Waals surface area (Å²) >= 11 is 0. The first-order valence-corrected chi connectivity index (χ1v) is 6.07. The molecule has 0 saturated heterocycles. The molecule has 0 radical (unpaired) electrons. The predicted molar refractivity (Wildman–Crippen MR) is 63.1 cm³/mol. The molecule has 2 atom stereocenters. The summed E-state index contributed by atoms with van der Waals surface area (Å²) in [4.78, 5) is 15.3. The van der Waals surface area contributed by atoms with E-state index in [0.29, 0.717) is 11.5 Å². The van der Waals surface area contributed by atoms with Crippen LogP contribution in [0.5, 0.6) is 0 Å². The Kier molecular flexibility index (Phi) is 3.71. The number of hydrogen-bond acceptors (Lipinski definition) is 2. The van der Waals surface area contributed by atoms with Gasteiger partial charge in [-0.3, -0.25) is 4.79 Å². The fraction of sp³-hybridized carbons (Fsp3) is 0.538. The third-order valence-electron chi connectivity index (χ3n) is 3.26. The van der Waals surface area contributed by atoms with Gasteiger partial charge in [0.15, 0.2) is 0 Å². The molecule has 0 spiro atoms. The highest BCUT2D eigenvalue weighted by Gasteiger charge is 2.20. The van der Waals surface area contributed by atoms with Crippen LogP contribution in [0.4, 0.5) is 4.39 Å². The molecular formula is C13H17FN2O. The van der Waals surface area contributed by atoms with Gasteiger partial charge in [-0.2, -0.15) is 4.39 Å². The van der Waals surface area contributed by atoms with Gasteiger partial charge in [0, 0.05) is 12.2 Å². The maximum Gasteiger partial charge on any atom is 0.253 e. The molecule has 1 amide bonds. The number of pyridine rings is 1. The van der Waals surface area contributed by atoms with Gasteiger partial charge in [-0.1, -0.05) is 19.8 Å². The Morgan fingerprint density at radius 2 is 2.29 bits per heavy atom. The molecular weight excluding hydrogens is 219 g/mol. The van der Waals surface area contributed by atoms with Crippen LogP contribution in [-0.4, -0.2) is 16.9 Å². The number of rotatable bonds is 2. The highest BCUT2D eigenvalue weighted by Crippen LogP contribution is 2.23. The Hall–Kier alpha value is -1.45. The van der Waals surface area contributed by atoms with Gasteiger partial charge in [0.1, 0.15) is 0 Å². The molecule has 0 aromatic carbocycles. The summed E-state index contributed by atoms with van der Waals surface area (Å²) in [5, 5.41) is 2.98. The van der Waals surface area contributed by atoms with Gasteiger partial charge in [0.2, 0.25) is 5.95 Å². The van der Waals surface area contributed by atoms with E-state index in [1.165, 1.54) is 24.8 Å². The van der Waals surface area contributed by atoms with Crippen molar-refractivity contribution in [2.75, 3.05) is 0 Å². The average Bonchev–Trinajstić information content (AvgIpc) is 2.29. The monoisotopic (exact) mass is 236 g/mol. The van der Waals surface area contributed by atoms with Crippen LogP contribution in [0.3, 0.4) is 0 Å². The second kappa shape index (κ2) is 5.25. The predicted octanol–water partition coefficient (Wildman–Crippen LogP) is 2.53. The molecule has 1 heterocycles. The van der Waals surface area contributed by atoms with Crippen LogP contribution in [0.1, 0.15) is 43.0 Å². The number of carbonyl (C=O) groups excluding carboxylic acids is 1. The minimum atomic E-state index is -0.562. The second-order valence-electron chi connectivity index (χ2n) is 4.81. The van der Waals surface area contributed by atoms with Crippen molar-refractivity contribution in [2.45, 2.75) is 38.6 Å². The Labute approximate surface area is 100 Å². The SMILES string of the molecule is CC1CCCC(NC(=O)c2ccc(F)nc2)C1. The molecule has 4 heteroatoms. The topological polar surface area (TPSA) is 42.0 Å². The smallest absolute Gasteiger partial charge is 0.253 e. The zero-order valence-corrected chi connectivity index (χ0v) is 9.95. The van der Waals surface area contributed by atoms with Crippen molar-refractivity contribution < 1.29 is 9.18 Å². The molecule has 0 aliphatic heterocycles. The first-order valence-electron chi connectivity index (χ1n) is 6.07. The van der Waals surface area contributed by atoms with Crippen LogP contribution >= 0.6 is 0 Å². The van der Waals surface area contributed by atoms with Crippen molar-refractivity contribution in [2.24, 2.45) is 5.92 Å². The zero-order chi connectivity index (χ0) is 12.3. The minimum absolute atomic E-state index is 0.156. The molecule has 1 aliphatic rings. The molecule has 92 valence electrons. The molecule has 1 saturated carbocycles. The molecule has 1 fully saturated rings. The van der Waals surface area contributed by atoms with Crippen molar-refractivity contribution in [1.82, 2.24) is 10.3 Å². The lowest BCUT2D eigenvalue weighted by Crippen LogP contribution is -2.38. The van der Waals surface area contributed by atoms with Crippen molar-refractivity contribution in [3.05, 3.63) is 29.8 Å². The molecule has 1 aromatic heterocycles. The normalized spacial score (nSPS) is 24.4. The third kappa shape index (κ3) is 3.25. The molecule has 2 unspecified atom stereocenters. The van der Waals surface area contributed by atoms with Gasteiger partial charge in [-0.15, -0.1) is 0 Å². The van der Waals surface area contributed by atoms with Gasteiger partial charge in [0.25, 0.3) is 5.91 Å². The van der Waals surface area contributed by atoms with Gasteiger partial charge < -0.3 is 5.32 Å². The number of nitrogens with one attached hydrogen (secondary N) is 1. The lowest BCUT2D eigenvalue weighted by atomic mass is 9.87. The molecule has 1 aromatic rings. The lowest BCUT2D eigenvalue weighted by molar-refractivity contribution is 0.0921. The first kappa shape index (κ1) is 12.0. The highest BCUT2D eigenvalue weighted by molar-refractivity contribution is 5.94.